The Morgan fingerprint density at radius 3 is 2.39 bits per heavy atom. The van der Waals surface area contributed by atoms with Gasteiger partial charge in [-0.1, -0.05) is 48.0 Å². The third kappa shape index (κ3) is 5.11. The van der Waals surface area contributed by atoms with Crippen LogP contribution in [-0.2, 0) is 6.54 Å². The van der Waals surface area contributed by atoms with Crippen molar-refractivity contribution in [3.8, 4) is 5.75 Å². The lowest BCUT2D eigenvalue weighted by Crippen LogP contribution is -2.27. The van der Waals surface area contributed by atoms with Gasteiger partial charge in [-0.2, -0.15) is 0 Å². The van der Waals surface area contributed by atoms with Gasteiger partial charge in [-0.3, -0.25) is 0 Å². The van der Waals surface area contributed by atoms with Crippen molar-refractivity contribution in [2.24, 2.45) is 5.92 Å². The molecule has 2 heteroatoms. The second-order valence-corrected chi connectivity index (χ2v) is 6.82. The fourth-order valence-electron chi connectivity index (χ4n) is 2.97. The third-order valence-electron chi connectivity index (χ3n) is 4.55. The number of hydrogen-bond acceptors (Lipinski definition) is 2. The van der Waals surface area contributed by atoms with Crippen molar-refractivity contribution >= 4 is 0 Å². The molecule has 1 aliphatic rings. The summed E-state index contributed by atoms with van der Waals surface area (Å²) in [4.78, 5) is 2.39. The zero-order valence-electron chi connectivity index (χ0n) is 14.2. The van der Waals surface area contributed by atoms with Gasteiger partial charge in [0.15, 0.2) is 0 Å². The number of ether oxygens (including phenoxy) is 1. The van der Waals surface area contributed by atoms with Gasteiger partial charge in [0.1, 0.15) is 11.9 Å². The molecule has 2 aromatic rings. The smallest absolute Gasteiger partial charge is 0.119 e. The molecule has 0 saturated heterocycles. The monoisotopic (exact) mass is 309 g/mol. The van der Waals surface area contributed by atoms with Crippen LogP contribution < -0.4 is 4.74 Å². The summed E-state index contributed by atoms with van der Waals surface area (Å²) in [5, 5.41) is 0. The summed E-state index contributed by atoms with van der Waals surface area (Å²) in [5.74, 6) is 1.76. The summed E-state index contributed by atoms with van der Waals surface area (Å²) in [6.07, 6.45) is 4.09. The van der Waals surface area contributed by atoms with Crippen molar-refractivity contribution in [2.45, 2.75) is 38.8 Å². The average molecular weight is 309 g/mol. The predicted molar refractivity (Wildman–Crippen MR) is 95.7 cm³/mol. The van der Waals surface area contributed by atoms with Crippen molar-refractivity contribution < 1.29 is 4.74 Å². The first-order chi connectivity index (χ1) is 11.2. The molecule has 1 unspecified atom stereocenters. The minimum Gasteiger partial charge on any atom is -0.490 e. The molecule has 1 atom stereocenters. The Kier molecular flexibility index (Phi) is 5.35. The summed E-state index contributed by atoms with van der Waals surface area (Å²) in [7, 11) is 2.20. The molecule has 2 nitrogen and oxygen atoms in total. The molecular weight excluding hydrogens is 282 g/mol. The Balaban J connectivity index is 1.50. The molecule has 23 heavy (non-hydrogen) atoms. The van der Waals surface area contributed by atoms with E-state index in [1.54, 1.807) is 0 Å². The van der Waals surface area contributed by atoms with Crippen LogP contribution >= 0.6 is 0 Å². The van der Waals surface area contributed by atoms with E-state index in [1.165, 1.54) is 24.0 Å². The Hall–Kier alpha value is -1.80. The lowest BCUT2D eigenvalue weighted by molar-refractivity contribution is 0.149. The Bertz CT molecular complexity index is 589. The fraction of sp³-hybridized carbons (Fsp3) is 0.429. The van der Waals surface area contributed by atoms with Gasteiger partial charge in [0.2, 0.25) is 0 Å². The van der Waals surface area contributed by atoms with Gasteiger partial charge >= 0.3 is 0 Å². The molecule has 122 valence electrons. The van der Waals surface area contributed by atoms with E-state index >= 15 is 0 Å². The molecule has 0 heterocycles. The van der Waals surface area contributed by atoms with Gasteiger partial charge in [0.05, 0.1) is 0 Å². The van der Waals surface area contributed by atoms with Crippen LogP contribution in [-0.4, -0.2) is 24.6 Å². The topological polar surface area (TPSA) is 12.5 Å². The Morgan fingerprint density at radius 1 is 1.04 bits per heavy atom. The molecule has 0 aliphatic heterocycles. The number of aryl methyl sites for hydroxylation is 1. The Morgan fingerprint density at radius 2 is 1.74 bits per heavy atom. The minimum absolute atomic E-state index is 0.357. The molecule has 0 spiro atoms. The van der Waals surface area contributed by atoms with Crippen LogP contribution in [0.25, 0.3) is 0 Å². The van der Waals surface area contributed by atoms with Crippen LogP contribution in [0.15, 0.2) is 54.6 Å². The van der Waals surface area contributed by atoms with E-state index in [2.05, 4.69) is 73.5 Å². The first-order valence-electron chi connectivity index (χ1n) is 8.66. The molecule has 2 aromatic carbocycles. The zero-order chi connectivity index (χ0) is 16.1. The van der Waals surface area contributed by atoms with E-state index in [0.717, 1.165) is 31.2 Å². The van der Waals surface area contributed by atoms with Gasteiger partial charge in [-0.15, -0.1) is 0 Å². The van der Waals surface area contributed by atoms with Gasteiger partial charge in [-0.25, -0.2) is 0 Å². The van der Waals surface area contributed by atoms with Crippen LogP contribution in [0.2, 0.25) is 0 Å². The quantitative estimate of drug-likeness (QED) is 0.702. The lowest BCUT2D eigenvalue weighted by atomic mass is 10.1. The molecule has 0 N–H and O–H groups in total. The van der Waals surface area contributed by atoms with E-state index in [-0.39, 0.29) is 0 Å². The molecule has 1 saturated carbocycles. The highest BCUT2D eigenvalue weighted by Gasteiger charge is 2.32. The number of nitrogens with zero attached hydrogens (tertiary/aromatic N) is 1. The first kappa shape index (κ1) is 16.1. The second kappa shape index (κ2) is 7.65. The maximum absolute atomic E-state index is 6.27. The molecule has 1 aliphatic carbocycles. The highest BCUT2D eigenvalue weighted by Crippen LogP contribution is 2.36. The predicted octanol–water partition coefficient (Wildman–Crippen LogP) is 4.67. The van der Waals surface area contributed by atoms with Gasteiger partial charge in [0.25, 0.3) is 0 Å². The van der Waals surface area contributed by atoms with Gasteiger partial charge in [0, 0.05) is 13.1 Å². The SMILES string of the molecule is Cc1ccc(OC(CCN(C)Cc2ccccc2)C2CC2)cc1. The Labute approximate surface area is 140 Å². The van der Waals surface area contributed by atoms with Crippen molar-refractivity contribution in [1.29, 1.82) is 0 Å². The summed E-state index contributed by atoms with van der Waals surface area (Å²) in [6.45, 7) is 4.19. The van der Waals surface area contributed by atoms with Crippen LogP contribution in [0.4, 0.5) is 0 Å². The maximum Gasteiger partial charge on any atom is 0.119 e. The fourth-order valence-corrected chi connectivity index (χ4v) is 2.97. The van der Waals surface area contributed by atoms with Crippen molar-refractivity contribution in [3.05, 3.63) is 65.7 Å². The van der Waals surface area contributed by atoms with Crippen molar-refractivity contribution in [1.82, 2.24) is 4.90 Å². The molecule has 0 amide bonds. The highest BCUT2D eigenvalue weighted by atomic mass is 16.5. The van der Waals surface area contributed by atoms with E-state index < -0.39 is 0 Å². The maximum atomic E-state index is 6.27. The van der Waals surface area contributed by atoms with Gasteiger partial charge in [-0.05, 0) is 56.8 Å². The molecule has 1 fully saturated rings. The summed E-state index contributed by atoms with van der Waals surface area (Å²) in [6, 6.07) is 19.1. The van der Waals surface area contributed by atoms with Crippen LogP contribution in [0.3, 0.4) is 0 Å². The lowest BCUT2D eigenvalue weighted by Gasteiger charge is -2.23. The standard InChI is InChI=1S/C21H27NO/c1-17-8-12-20(13-9-17)23-21(19-10-11-19)14-15-22(2)16-18-6-4-3-5-7-18/h3-9,12-13,19,21H,10-11,14-16H2,1-2H3. The van der Waals surface area contributed by atoms with Crippen molar-refractivity contribution in [3.63, 3.8) is 0 Å². The zero-order valence-corrected chi connectivity index (χ0v) is 14.2. The van der Waals surface area contributed by atoms with Crippen molar-refractivity contribution in [2.75, 3.05) is 13.6 Å². The van der Waals surface area contributed by atoms with E-state index in [1.807, 2.05) is 0 Å². The number of hydrogen-bond donors (Lipinski definition) is 0. The number of benzene rings is 2. The van der Waals surface area contributed by atoms with Crippen LogP contribution in [0, 0.1) is 12.8 Å². The molecule has 0 aromatic heterocycles. The van der Waals surface area contributed by atoms with E-state index in [0.29, 0.717) is 6.10 Å². The van der Waals surface area contributed by atoms with E-state index in [9.17, 15) is 0 Å². The van der Waals surface area contributed by atoms with Gasteiger partial charge < -0.3 is 9.64 Å². The molecule has 3 rings (SSSR count). The van der Waals surface area contributed by atoms with Crippen LogP contribution in [0.1, 0.15) is 30.4 Å². The normalized spacial score (nSPS) is 15.6. The molecule has 0 radical (unpaired) electrons. The first-order valence-corrected chi connectivity index (χ1v) is 8.66. The highest BCUT2D eigenvalue weighted by molar-refractivity contribution is 5.26. The largest absolute Gasteiger partial charge is 0.490 e. The minimum atomic E-state index is 0.357. The second-order valence-electron chi connectivity index (χ2n) is 6.82. The molecular formula is C21H27NO. The summed E-state index contributed by atoms with van der Waals surface area (Å²) < 4.78 is 6.27. The summed E-state index contributed by atoms with van der Waals surface area (Å²) >= 11 is 0. The third-order valence-corrected chi connectivity index (χ3v) is 4.55. The van der Waals surface area contributed by atoms with Crippen LogP contribution in [0.5, 0.6) is 5.75 Å². The summed E-state index contributed by atoms with van der Waals surface area (Å²) in [5.41, 5.74) is 2.65. The van der Waals surface area contributed by atoms with E-state index in [4.69, 9.17) is 4.74 Å². The molecule has 0 bridgehead atoms. The average Bonchev–Trinajstić information content (AvgIpc) is 3.39. The number of rotatable bonds is 8.